The van der Waals surface area contributed by atoms with Crippen LogP contribution in [0.2, 0.25) is 0 Å². The average Bonchev–Trinajstić information content (AvgIpc) is 2.27. The molecule has 18 heavy (non-hydrogen) atoms. The van der Waals surface area contributed by atoms with Gasteiger partial charge in [-0.3, -0.25) is 0 Å². The van der Waals surface area contributed by atoms with Gasteiger partial charge in [-0.15, -0.1) is 0 Å². The molecule has 0 radical (unpaired) electrons. The fraction of sp³-hybridized carbons (Fsp3) is 0.500. The number of ether oxygens (including phenoxy) is 1. The standard InChI is InChI=1S/C12H14F4O2/c1-11(2,18-3)10(17)7-4-5-9(13)8(6-7)12(14,15)16/h4-6,10,17H,1-3H3. The van der Waals surface area contributed by atoms with E-state index >= 15 is 0 Å². The number of alkyl halides is 3. The molecule has 0 amide bonds. The molecule has 2 nitrogen and oxygen atoms in total. The molecule has 0 saturated carbocycles. The summed E-state index contributed by atoms with van der Waals surface area (Å²) in [6, 6.07) is 2.39. The molecule has 6 heteroatoms. The summed E-state index contributed by atoms with van der Waals surface area (Å²) in [5.74, 6) is -1.37. The van der Waals surface area contributed by atoms with Crippen molar-refractivity contribution >= 4 is 0 Å². The summed E-state index contributed by atoms with van der Waals surface area (Å²) < 4.78 is 55.6. The number of methoxy groups -OCH3 is 1. The lowest BCUT2D eigenvalue weighted by atomic mass is 9.93. The Kier molecular flexibility index (Phi) is 4.02. The maximum Gasteiger partial charge on any atom is 0.419 e. The normalized spacial score (nSPS) is 14.7. The number of rotatable bonds is 3. The molecule has 1 unspecified atom stereocenters. The summed E-state index contributed by atoms with van der Waals surface area (Å²) in [6.07, 6.45) is -6.08. The van der Waals surface area contributed by atoms with Crippen molar-refractivity contribution in [1.82, 2.24) is 0 Å². The van der Waals surface area contributed by atoms with E-state index in [1.807, 2.05) is 0 Å². The van der Waals surface area contributed by atoms with Crippen LogP contribution in [0.3, 0.4) is 0 Å². The zero-order valence-corrected chi connectivity index (χ0v) is 10.2. The van der Waals surface area contributed by atoms with Crippen molar-refractivity contribution < 1.29 is 27.4 Å². The van der Waals surface area contributed by atoms with Crippen LogP contribution in [0.15, 0.2) is 18.2 Å². The van der Waals surface area contributed by atoms with Gasteiger partial charge in [0.1, 0.15) is 11.9 Å². The summed E-state index contributed by atoms with van der Waals surface area (Å²) in [6.45, 7) is 3.04. The van der Waals surface area contributed by atoms with Gasteiger partial charge >= 0.3 is 6.18 Å². The van der Waals surface area contributed by atoms with Crippen molar-refractivity contribution in [2.24, 2.45) is 0 Å². The van der Waals surface area contributed by atoms with Gasteiger partial charge in [0.05, 0.1) is 11.2 Å². The van der Waals surface area contributed by atoms with E-state index in [-0.39, 0.29) is 5.56 Å². The third-order valence-electron chi connectivity index (χ3n) is 2.80. The Bertz CT molecular complexity index is 427. The van der Waals surface area contributed by atoms with Crippen molar-refractivity contribution in [2.45, 2.75) is 31.7 Å². The third-order valence-corrected chi connectivity index (χ3v) is 2.80. The maximum atomic E-state index is 13.1. The van der Waals surface area contributed by atoms with Crippen molar-refractivity contribution in [3.63, 3.8) is 0 Å². The molecule has 102 valence electrons. The monoisotopic (exact) mass is 266 g/mol. The van der Waals surface area contributed by atoms with Crippen LogP contribution in [0.4, 0.5) is 17.6 Å². The van der Waals surface area contributed by atoms with E-state index in [1.54, 1.807) is 0 Å². The van der Waals surface area contributed by atoms with E-state index in [4.69, 9.17) is 4.74 Å². The van der Waals surface area contributed by atoms with Gasteiger partial charge in [-0.05, 0) is 31.5 Å². The second kappa shape index (κ2) is 4.85. The van der Waals surface area contributed by atoms with Crippen LogP contribution in [0, 0.1) is 5.82 Å². The number of benzene rings is 1. The van der Waals surface area contributed by atoms with Crippen LogP contribution in [0.25, 0.3) is 0 Å². The predicted molar refractivity (Wildman–Crippen MR) is 57.4 cm³/mol. The highest BCUT2D eigenvalue weighted by Crippen LogP contribution is 2.35. The highest BCUT2D eigenvalue weighted by atomic mass is 19.4. The summed E-state index contributed by atoms with van der Waals surface area (Å²) in [7, 11) is 1.33. The maximum absolute atomic E-state index is 13.1. The van der Waals surface area contributed by atoms with Gasteiger partial charge in [0.15, 0.2) is 0 Å². The largest absolute Gasteiger partial charge is 0.419 e. The smallest absolute Gasteiger partial charge is 0.385 e. The molecule has 1 atom stereocenters. The van der Waals surface area contributed by atoms with E-state index in [0.29, 0.717) is 12.1 Å². The minimum Gasteiger partial charge on any atom is -0.385 e. The molecule has 0 heterocycles. The van der Waals surface area contributed by atoms with Crippen molar-refractivity contribution in [1.29, 1.82) is 0 Å². The Balaban J connectivity index is 3.21. The van der Waals surface area contributed by atoms with Crippen molar-refractivity contribution in [2.75, 3.05) is 7.11 Å². The summed E-state index contributed by atoms with van der Waals surface area (Å²) >= 11 is 0. The van der Waals surface area contributed by atoms with Gasteiger partial charge in [0.25, 0.3) is 0 Å². The van der Waals surface area contributed by atoms with E-state index in [1.165, 1.54) is 21.0 Å². The first-order valence-corrected chi connectivity index (χ1v) is 5.19. The molecule has 1 rings (SSSR count). The quantitative estimate of drug-likeness (QED) is 0.850. The van der Waals surface area contributed by atoms with Crippen molar-refractivity contribution in [3.8, 4) is 0 Å². The van der Waals surface area contributed by atoms with Crippen LogP contribution in [-0.4, -0.2) is 17.8 Å². The molecule has 1 aromatic carbocycles. The molecule has 0 spiro atoms. The zero-order valence-electron chi connectivity index (χ0n) is 10.2. The Hall–Kier alpha value is -1.14. The Labute approximate surface area is 102 Å². The Morgan fingerprint density at radius 1 is 1.22 bits per heavy atom. The highest BCUT2D eigenvalue weighted by Gasteiger charge is 2.36. The lowest BCUT2D eigenvalue weighted by Crippen LogP contribution is -2.31. The predicted octanol–water partition coefficient (Wildman–Crippen LogP) is 3.30. The van der Waals surface area contributed by atoms with E-state index in [0.717, 1.165) is 6.07 Å². The van der Waals surface area contributed by atoms with E-state index in [9.17, 15) is 22.7 Å². The molecule has 1 aromatic rings. The second-order valence-electron chi connectivity index (χ2n) is 4.45. The van der Waals surface area contributed by atoms with Crippen LogP contribution in [-0.2, 0) is 10.9 Å². The summed E-state index contributed by atoms with van der Waals surface area (Å²) in [4.78, 5) is 0. The second-order valence-corrected chi connectivity index (χ2v) is 4.45. The highest BCUT2D eigenvalue weighted by molar-refractivity contribution is 5.29. The summed E-state index contributed by atoms with van der Waals surface area (Å²) in [5.41, 5.74) is -2.51. The third kappa shape index (κ3) is 3.00. The Morgan fingerprint density at radius 2 is 1.78 bits per heavy atom. The first-order valence-electron chi connectivity index (χ1n) is 5.19. The molecule has 0 bridgehead atoms. The minimum atomic E-state index is -4.79. The van der Waals surface area contributed by atoms with Crippen LogP contribution < -0.4 is 0 Å². The van der Waals surface area contributed by atoms with Gasteiger partial charge in [-0.1, -0.05) is 6.07 Å². The van der Waals surface area contributed by atoms with E-state index < -0.39 is 29.3 Å². The number of aliphatic hydroxyl groups excluding tert-OH is 1. The first-order chi connectivity index (χ1) is 8.09. The fourth-order valence-electron chi connectivity index (χ4n) is 1.44. The number of hydrogen-bond acceptors (Lipinski definition) is 2. The van der Waals surface area contributed by atoms with Gasteiger partial charge in [0.2, 0.25) is 0 Å². The summed E-state index contributed by atoms with van der Waals surface area (Å²) in [5, 5.41) is 9.91. The number of aliphatic hydroxyl groups is 1. The van der Waals surface area contributed by atoms with Crippen molar-refractivity contribution in [3.05, 3.63) is 35.1 Å². The topological polar surface area (TPSA) is 29.5 Å². The molecule has 0 aromatic heterocycles. The van der Waals surface area contributed by atoms with Crippen LogP contribution >= 0.6 is 0 Å². The number of hydrogen-bond donors (Lipinski definition) is 1. The molecule has 0 aliphatic carbocycles. The van der Waals surface area contributed by atoms with Gasteiger partial charge in [0, 0.05) is 7.11 Å². The molecule has 0 saturated heterocycles. The Morgan fingerprint density at radius 3 is 2.22 bits per heavy atom. The molecule has 1 N–H and O–H groups in total. The van der Waals surface area contributed by atoms with Gasteiger partial charge in [-0.2, -0.15) is 13.2 Å². The minimum absolute atomic E-state index is 0.0458. The molecular formula is C12H14F4O2. The SMILES string of the molecule is COC(C)(C)C(O)c1ccc(F)c(C(F)(F)F)c1. The molecule has 0 aliphatic heterocycles. The first kappa shape index (κ1) is 14.9. The molecular weight excluding hydrogens is 252 g/mol. The number of halogens is 4. The van der Waals surface area contributed by atoms with Crippen LogP contribution in [0.5, 0.6) is 0 Å². The molecule has 0 fully saturated rings. The van der Waals surface area contributed by atoms with Gasteiger partial charge < -0.3 is 9.84 Å². The van der Waals surface area contributed by atoms with Crippen LogP contribution in [0.1, 0.15) is 31.1 Å². The van der Waals surface area contributed by atoms with E-state index in [2.05, 4.69) is 0 Å². The lowest BCUT2D eigenvalue weighted by Gasteiger charge is -2.29. The fourth-order valence-corrected chi connectivity index (χ4v) is 1.44. The average molecular weight is 266 g/mol. The van der Waals surface area contributed by atoms with Gasteiger partial charge in [-0.25, -0.2) is 4.39 Å². The zero-order chi connectivity index (χ0) is 14.1. The molecule has 0 aliphatic rings. The lowest BCUT2D eigenvalue weighted by molar-refractivity contribution is -0.140.